The minimum atomic E-state index is -4.66. The number of halogens is 4. The Kier molecular flexibility index (Phi) is 11.2. The van der Waals surface area contributed by atoms with E-state index in [2.05, 4.69) is 9.99 Å². The smallest absolute Gasteiger partial charge is 0.437 e. The third kappa shape index (κ3) is 9.02. The predicted octanol–water partition coefficient (Wildman–Crippen LogP) is 7.45. The summed E-state index contributed by atoms with van der Waals surface area (Å²) >= 11 is 6.11. The van der Waals surface area contributed by atoms with E-state index >= 15 is 0 Å². The first-order valence-corrected chi connectivity index (χ1v) is 11.6. The summed E-state index contributed by atoms with van der Waals surface area (Å²) in [7, 11) is 1.05. The van der Waals surface area contributed by atoms with Crippen molar-refractivity contribution in [3.05, 3.63) is 64.2 Å². The van der Waals surface area contributed by atoms with Crippen LogP contribution in [0.3, 0.4) is 0 Å². The molecule has 0 saturated heterocycles. The molecule has 0 aliphatic rings. The molecule has 0 bridgehead atoms. The van der Waals surface area contributed by atoms with Gasteiger partial charge in [0.2, 0.25) is 0 Å². The van der Waals surface area contributed by atoms with Crippen LogP contribution in [0.25, 0.3) is 0 Å². The highest BCUT2D eigenvalue weighted by Crippen LogP contribution is 2.31. The maximum atomic E-state index is 13.1. The van der Waals surface area contributed by atoms with Gasteiger partial charge in [0, 0.05) is 5.56 Å². The molecule has 192 valence electrons. The van der Waals surface area contributed by atoms with E-state index in [1.54, 1.807) is 0 Å². The van der Waals surface area contributed by atoms with Gasteiger partial charge in [-0.25, -0.2) is 0 Å². The Labute approximate surface area is 209 Å². The summed E-state index contributed by atoms with van der Waals surface area (Å²) in [5.41, 5.74) is 0.684. The molecule has 5 nitrogen and oxygen atoms in total. The molecule has 0 unspecified atom stereocenters. The second-order valence-electron chi connectivity index (χ2n) is 7.79. The molecule has 0 fully saturated rings. The molecular weight excluding hydrogens is 483 g/mol. The lowest BCUT2D eigenvalue weighted by atomic mass is 10.1. The van der Waals surface area contributed by atoms with Crippen LogP contribution in [0.5, 0.6) is 17.2 Å². The summed E-state index contributed by atoms with van der Waals surface area (Å²) in [6.45, 7) is 7.41. The zero-order valence-electron chi connectivity index (χ0n) is 20.4. The number of unbranched alkanes of at least 4 members (excludes halogenated alkanes) is 2. The first kappa shape index (κ1) is 28.4. The first-order valence-electron chi connectivity index (χ1n) is 11.3. The van der Waals surface area contributed by atoms with Gasteiger partial charge < -0.3 is 19.0 Å². The van der Waals surface area contributed by atoms with Gasteiger partial charge in [-0.05, 0) is 81.5 Å². The molecule has 2 aromatic rings. The van der Waals surface area contributed by atoms with Crippen molar-refractivity contribution >= 4 is 17.3 Å². The van der Waals surface area contributed by atoms with Crippen molar-refractivity contribution in [3.63, 3.8) is 0 Å². The zero-order valence-corrected chi connectivity index (χ0v) is 21.1. The van der Waals surface area contributed by atoms with E-state index in [1.165, 1.54) is 12.1 Å². The highest BCUT2D eigenvalue weighted by molar-refractivity contribution is 6.32. The van der Waals surface area contributed by atoms with E-state index in [1.807, 2.05) is 45.1 Å². The highest BCUT2D eigenvalue weighted by atomic mass is 35.5. The van der Waals surface area contributed by atoms with Gasteiger partial charge in [-0.15, -0.1) is 0 Å². The maximum Gasteiger partial charge on any atom is 0.437 e. The van der Waals surface area contributed by atoms with E-state index in [0.29, 0.717) is 25.6 Å². The number of alkyl halides is 3. The Bertz CT molecular complexity index is 999. The molecule has 9 heteroatoms. The number of aryl methyl sites for hydroxylation is 2. The van der Waals surface area contributed by atoms with E-state index in [9.17, 15) is 13.2 Å². The van der Waals surface area contributed by atoms with Crippen molar-refractivity contribution in [2.24, 2.45) is 5.16 Å². The minimum Gasteiger partial charge on any atom is -0.493 e. The minimum absolute atomic E-state index is 0.0722. The van der Waals surface area contributed by atoms with Crippen LogP contribution in [0, 0.1) is 13.8 Å². The predicted molar refractivity (Wildman–Crippen MR) is 132 cm³/mol. The molecule has 0 aliphatic heterocycles. The van der Waals surface area contributed by atoms with Crippen molar-refractivity contribution in [1.29, 1.82) is 0 Å². The van der Waals surface area contributed by atoms with Crippen LogP contribution in [-0.2, 0) is 4.84 Å². The Balaban J connectivity index is 1.77. The van der Waals surface area contributed by atoms with Gasteiger partial charge in [0.15, 0.2) is 5.71 Å². The fourth-order valence-electron chi connectivity index (χ4n) is 3.32. The highest BCUT2D eigenvalue weighted by Gasteiger charge is 2.38. The molecule has 2 rings (SSSR count). The molecule has 0 spiro atoms. The van der Waals surface area contributed by atoms with Gasteiger partial charge in [-0.1, -0.05) is 28.9 Å². The summed E-state index contributed by atoms with van der Waals surface area (Å²) in [6, 6.07) is 7.75. The summed E-state index contributed by atoms with van der Waals surface area (Å²) in [6.07, 6.45) is 1.66. The second-order valence-corrected chi connectivity index (χ2v) is 8.20. The topological polar surface area (TPSA) is 49.3 Å². The lowest BCUT2D eigenvalue weighted by Crippen LogP contribution is -2.24. The van der Waals surface area contributed by atoms with Gasteiger partial charge >= 0.3 is 6.18 Å². The summed E-state index contributed by atoms with van der Waals surface area (Å²) in [5.74, 6) is 1.99. The number of rotatable bonds is 13. The van der Waals surface area contributed by atoms with Crippen LogP contribution in [0.4, 0.5) is 13.2 Å². The Morgan fingerprint density at radius 3 is 2.20 bits per heavy atom. The molecule has 0 saturated carbocycles. The van der Waals surface area contributed by atoms with Crippen LogP contribution >= 0.6 is 11.6 Å². The van der Waals surface area contributed by atoms with Crippen LogP contribution < -0.4 is 14.2 Å². The van der Waals surface area contributed by atoms with Crippen LogP contribution in [0.2, 0.25) is 5.02 Å². The normalized spacial score (nSPS) is 12.2. The van der Waals surface area contributed by atoms with Crippen LogP contribution in [0.15, 0.2) is 47.6 Å². The molecule has 0 atom stereocenters. The summed E-state index contributed by atoms with van der Waals surface area (Å²) in [4.78, 5) is 4.31. The first-order chi connectivity index (χ1) is 16.7. The van der Waals surface area contributed by atoms with E-state index in [-0.39, 0.29) is 10.6 Å². The SMILES string of the molecule is C/C=C/COc1cc(C)c(OCCCCCOc2ccc(C(=NOC)C(F)(F)F)cc2Cl)c(C)c1. The van der Waals surface area contributed by atoms with Crippen molar-refractivity contribution in [2.75, 3.05) is 26.9 Å². The molecule has 0 aliphatic carbocycles. The third-order valence-electron chi connectivity index (χ3n) is 4.96. The lowest BCUT2D eigenvalue weighted by molar-refractivity contribution is -0.0608. The monoisotopic (exact) mass is 513 g/mol. The van der Waals surface area contributed by atoms with Crippen molar-refractivity contribution in [3.8, 4) is 17.2 Å². The maximum absolute atomic E-state index is 13.1. The fraction of sp³-hybridized carbons (Fsp3) is 0.423. The van der Waals surface area contributed by atoms with E-state index in [4.69, 9.17) is 25.8 Å². The molecular formula is C26H31ClF3NO4. The number of nitrogens with zero attached hydrogens (tertiary/aromatic N) is 1. The van der Waals surface area contributed by atoms with Gasteiger partial charge in [-0.3, -0.25) is 0 Å². The summed E-state index contributed by atoms with van der Waals surface area (Å²) < 4.78 is 56.6. The molecule has 0 amide bonds. The molecule has 35 heavy (non-hydrogen) atoms. The van der Waals surface area contributed by atoms with Gasteiger partial charge in [0.1, 0.15) is 31.0 Å². The average molecular weight is 514 g/mol. The molecule has 0 aromatic heterocycles. The number of oxime groups is 1. The summed E-state index contributed by atoms with van der Waals surface area (Å²) in [5, 5.41) is 3.14. The molecule has 0 heterocycles. The Morgan fingerprint density at radius 1 is 0.971 bits per heavy atom. The third-order valence-corrected chi connectivity index (χ3v) is 5.26. The number of hydrogen-bond donors (Lipinski definition) is 0. The van der Waals surface area contributed by atoms with Crippen LogP contribution in [0.1, 0.15) is 42.9 Å². The number of allylic oxidation sites excluding steroid dienone is 1. The van der Waals surface area contributed by atoms with Gasteiger partial charge in [0.25, 0.3) is 0 Å². The van der Waals surface area contributed by atoms with E-state index < -0.39 is 11.9 Å². The van der Waals surface area contributed by atoms with Crippen LogP contribution in [-0.4, -0.2) is 38.8 Å². The number of ether oxygens (including phenoxy) is 3. The van der Waals surface area contributed by atoms with Crippen molar-refractivity contribution in [2.45, 2.75) is 46.2 Å². The quantitative estimate of drug-likeness (QED) is 0.121. The molecule has 0 radical (unpaired) electrons. The fourth-order valence-corrected chi connectivity index (χ4v) is 3.56. The lowest BCUT2D eigenvalue weighted by Gasteiger charge is -2.14. The second kappa shape index (κ2) is 13.9. The Hall–Kier alpha value is -2.87. The van der Waals surface area contributed by atoms with Crippen molar-refractivity contribution in [1.82, 2.24) is 0 Å². The number of benzene rings is 2. The largest absolute Gasteiger partial charge is 0.493 e. The van der Waals surface area contributed by atoms with Gasteiger partial charge in [-0.2, -0.15) is 13.2 Å². The zero-order chi connectivity index (χ0) is 25.8. The molecule has 0 N–H and O–H groups in total. The standard InChI is InChI=1S/C26H31ClF3NO4/c1-5-6-12-33-21-15-18(2)24(19(3)16-21)35-14-9-7-8-13-34-23-11-10-20(17-22(23)27)25(31-32-4)26(28,29)30/h5-6,10-11,15-17H,7-9,12-14H2,1-4H3/b6-5+,31-25?. The number of hydrogen-bond acceptors (Lipinski definition) is 5. The average Bonchev–Trinajstić information content (AvgIpc) is 2.78. The Morgan fingerprint density at radius 2 is 1.63 bits per heavy atom. The van der Waals surface area contributed by atoms with E-state index in [0.717, 1.165) is 55.1 Å². The van der Waals surface area contributed by atoms with Gasteiger partial charge in [0.05, 0.1) is 18.2 Å². The molecule has 2 aromatic carbocycles. The van der Waals surface area contributed by atoms with Crippen molar-refractivity contribution < 1.29 is 32.2 Å².